The van der Waals surface area contributed by atoms with E-state index in [1.807, 2.05) is 6.07 Å². The van der Waals surface area contributed by atoms with Crippen LogP contribution in [0.2, 0.25) is 0 Å². The van der Waals surface area contributed by atoms with Crippen LogP contribution in [0.25, 0.3) is 0 Å². The molecule has 0 fully saturated rings. The van der Waals surface area contributed by atoms with Gasteiger partial charge in [-0.2, -0.15) is 0 Å². The number of rotatable bonds is 6. The molecular formula is C16H28N2O. The van der Waals surface area contributed by atoms with Crippen LogP contribution >= 0.6 is 0 Å². The Bertz CT molecular complexity index is 383. The molecule has 0 saturated carbocycles. The van der Waals surface area contributed by atoms with Gasteiger partial charge in [0.25, 0.3) is 0 Å². The van der Waals surface area contributed by atoms with Crippen molar-refractivity contribution in [3.63, 3.8) is 0 Å². The van der Waals surface area contributed by atoms with Crippen molar-refractivity contribution in [2.24, 2.45) is 5.41 Å². The molecule has 0 bridgehead atoms. The Balaban J connectivity index is 2.71. The third-order valence-corrected chi connectivity index (χ3v) is 3.09. The summed E-state index contributed by atoms with van der Waals surface area (Å²) in [6.45, 7) is 8.70. The van der Waals surface area contributed by atoms with E-state index in [-0.39, 0.29) is 0 Å². The normalized spacial score (nSPS) is 13.6. The summed E-state index contributed by atoms with van der Waals surface area (Å²) < 4.78 is 5.30. The molecule has 0 aliphatic carbocycles. The molecule has 19 heavy (non-hydrogen) atoms. The Morgan fingerprint density at radius 3 is 2.47 bits per heavy atom. The molecular weight excluding hydrogens is 236 g/mol. The molecule has 1 rings (SSSR count). The Hall–Kier alpha value is -1.06. The maximum Gasteiger partial charge on any atom is 0.119 e. The summed E-state index contributed by atoms with van der Waals surface area (Å²) in [5, 5.41) is 3.56. The maximum atomic E-state index is 5.30. The number of nitrogens with zero attached hydrogens (tertiary/aromatic N) is 1. The second kappa shape index (κ2) is 6.92. The first-order valence-electron chi connectivity index (χ1n) is 6.84. The number of benzene rings is 1. The van der Waals surface area contributed by atoms with Gasteiger partial charge in [-0.05, 0) is 37.2 Å². The number of hydrogen-bond donors (Lipinski definition) is 1. The van der Waals surface area contributed by atoms with Crippen molar-refractivity contribution in [3.8, 4) is 5.75 Å². The highest BCUT2D eigenvalue weighted by Gasteiger charge is 2.16. The van der Waals surface area contributed by atoms with Crippen molar-refractivity contribution in [2.75, 3.05) is 34.3 Å². The van der Waals surface area contributed by atoms with Crippen molar-refractivity contribution >= 4 is 0 Å². The second-order valence-electron chi connectivity index (χ2n) is 6.45. The SMILES string of the molecule is COc1cccc(C(CNCC(C)(C)C)N(C)C)c1. The van der Waals surface area contributed by atoms with Gasteiger partial charge >= 0.3 is 0 Å². The lowest BCUT2D eigenvalue weighted by molar-refractivity contribution is 0.272. The van der Waals surface area contributed by atoms with Crippen molar-refractivity contribution in [1.29, 1.82) is 0 Å². The Morgan fingerprint density at radius 2 is 1.95 bits per heavy atom. The molecule has 0 amide bonds. The van der Waals surface area contributed by atoms with E-state index in [1.165, 1.54) is 5.56 Å². The second-order valence-corrected chi connectivity index (χ2v) is 6.45. The molecule has 0 aromatic heterocycles. The van der Waals surface area contributed by atoms with E-state index in [2.05, 4.69) is 63.3 Å². The number of hydrogen-bond acceptors (Lipinski definition) is 3. The summed E-state index contributed by atoms with van der Waals surface area (Å²) in [6.07, 6.45) is 0. The molecule has 0 aliphatic heterocycles. The summed E-state index contributed by atoms with van der Waals surface area (Å²) in [5.74, 6) is 0.917. The summed E-state index contributed by atoms with van der Waals surface area (Å²) in [6, 6.07) is 8.67. The maximum absolute atomic E-state index is 5.30. The average Bonchev–Trinajstić information content (AvgIpc) is 2.33. The zero-order valence-electron chi connectivity index (χ0n) is 13.2. The molecule has 0 radical (unpaired) electrons. The first-order chi connectivity index (χ1) is 8.83. The smallest absolute Gasteiger partial charge is 0.119 e. The minimum absolute atomic E-state index is 0.311. The van der Waals surface area contributed by atoms with Crippen molar-refractivity contribution < 1.29 is 4.74 Å². The van der Waals surface area contributed by atoms with Gasteiger partial charge in [0.05, 0.1) is 7.11 Å². The van der Waals surface area contributed by atoms with Gasteiger partial charge in [-0.1, -0.05) is 32.9 Å². The third-order valence-electron chi connectivity index (χ3n) is 3.09. The van der Waals surface area contributed by atoms with Crippen molar-refractivity contribution in [1.82, 2.24) is 10.2 Å². The topological polar surface area (TPSA) is 24.5 Å². The van der Waals surface area contributed by atoms with Crippen LogP contribution in [0.5, 0.6) is 5.75 Å². The minimum Gasteiger partial charge on any atom is -0.497 e. The largest absolute Gasteiger partial charge is 0.497 e. The Labute approximate surface area is 118 Å². The molecule has 1 atom stereocenters. The first-order valence-corrected chi connectivity index (χ1v) is 6.84. The van der Waals surface area contributed by atoms with E-state index >= 15 is 0 Å². The van der Waals surface area contributed by atoms with E-state index in [0.29, 0.717) is 11.5 Å². The van der Waals surface area contributed by atoms with Crippen LogP contribution in [0.3, 0.4) is 0 Å². The fraction of sp³-hybridized carbons (Fsp3) is 0.625. The van der Waals surface area contributed by atoms with E-state index in [9.17, 15) is 0 Å². The van der Waals surface area contributed by atoms with E-state index in [0.717, 1.165) is 18.8 Å². The van der Waals surface area contributed by atoms with Gasteiger partial charge in [-0.15, -0.1) is 0 Å². The molecule has 0 saturated heterocycles. The van der Waals surface area contributed by atoms with Gasteiger partial charge in [-0.25, -0.2) is 0 Å². The summed E-state index contributed by atoms with van der Waals surface area (Å²) in [5.41, 5.74) is 1.59. The van der Waals surface area contributed by atoms with Gasteiger partial charge in [0, 0.05) is 19.1 Å². The molecule has 1 unspecified atom stereocenters. The third kappa shape index (κ3) is 5.62. The van der Waals surface area contributed by atoms with E-state index < -0.39 is 0 Å². The fourth-order valence-electron chi connectivity index (χ4n) is 2.03. The predicted molar refractivity (Wildman–Crippen MR) is 81.7 cm³/mol. The quantitative estimate of drug-likeness (QED) is 0.855. The highest BCUT2D eigenvalue weighted by molar-refractivity contribution is 5.30. The van der Waals surface area contributed by atoms with Crippen LogP contribution in [-0.4, -0.2) is 39.2 Å². The lowest BCUT2D eigenvalue weighted by Crippen LogP contribution is -2.35. The van der Waals surface area contributed by atoms with Crippen LogP contribution in [-0.2, 0) is 0 Å². The van der Waals surface area contributed by atoms with Crippen LogP contribution in [0.15, 0.2) is 24.3 Å². The molecule has 1 N–H and O–H groups in total. The minimum atomic E-state index is 0.311. The van der Waals surface area contributed by atoms with Crippen LogP contribution in [0.1, 0.15) is 32.4 Å². The number of methoxy groups -OCH3 is 1. The van der Waals surface area contributed by atoms with Crippen LogP contribution in [0.4, 0.5) is 0 Å². The monoisotopic (exact) mass is 264 g/mol. The summed E-state index contributed by atoms with van der Waals surface area (Å²) in [4.78, 5) is 2.24. The predicted octanol–water partition coefficient (Wildman–Crippen LogP) is 2.93. The van der Waals surface area contributed by atoms with E-state index in [4.69, 9.17) is 4.74 Å². The molecule has 1 aromatic carbocycles. The number of nitrogens with one attached hydrogen (secondary N) is 1. The summed E-state index contributed by atoms with van der Waals surface area (Å²) in [7, 11) is 5.94. The van der Waals surface area contributed by atoms with Crippen LogP contribution in [0, 0.1) is 5.41 Å². The standard InChI is InChI=1S/C16H28N2O/c1-16(2,3)12-17-11-15(18(4)5)13-8-7-9-14(10-13)19-6/h7-10,15,17H,11-12H2,1-6H3. The first kappa shape index (κ1) is 16.0. The van der Waals surface area contributed by atoms with Crippen molar-refractivity contribution in [3.05, 3.63) is 29.8 Å². The van der Waals surface area contributed by atoms with Gasteiger partial charge in [0.2, 0.25) is 0 Å². The molecule has 0 spiro atoms. The Kier molecular flexibility index (Phi) is 5.83. The molecule has 3 nitrogen and oxygen atoms in total. The zero-order valence-corrected chi connectivity index (χ0v) is 13.2. The van der Waals surface area contributed by atoms with E-state index in [1.54, 1.807) is 7.11 Å². The molecule has 0 heterocycles. The van der Waals surface area contributed by atoms with Crippen molar-refractivity contribution in [2.45, 2.75) is 26.8 Å². The molecule has 0 aliphatic rings. The molecule has 1 aromatic rings. The van der Waals surface area contributed by atoms with Gasteiger partial charge in [0.15, 0.2) is 0 Å². The Morgan fingerprint density at radius 1 is 1.26 bits per heavy atom. The highest BCUT2D eigenvalue weighted by atomic mass is 16.5. The number of likely N-dealkylation sites (N-methyl/N-ethyl adjacent to an activating group) is 1. The molecule has 3 heteroatoms. The molecule has 108 valence electrons. The number of ether oxygens (including phenoxy) is 1. The average molecular weight is 264 g/mol. The highest BCUT2D eigenvalue weighted by Crippen LogP contribution is 2.22. The fourth-order valence-corrected chi connectivity index (χ4v) is 2.03. The van der Waals surface area contributed by atoms with Gasteiger partial charge in [0.1, 0.15) is 5.75 Å². The zero-order chi connectivity index (χ0) is 14.5. The van der Waals surface area contributed by atoms with Gasteiger partial charge in [-0.3, -0.25) is 0 Å². The van der Waals surface area contributed by atoms with Gasteiger partial charge < -0.3 is 15.0 Å². The van der Waals surface area contributed by atoms with Crippen LogP contribution < -0.4 is 10.1 Å². The lowest BCUT2D eigenvalue weighted by Gasteiger charge is -2.27. The lowest BCUT2D eigenvalue weighted by atomic mass is 9.96. The summed E-state index contributed by atoms with van der Waals surface area (Å²) >= 11 is 0.